The summed E-state index contributed by atoms with van der Waals surface area (Å²) in [7, 11) is 0. The molecule has 3 saturated heterocycles. The Morgan fingerprint density at radius 2 is 1.82 bits per heavy atom. The van der Waals surface area contributed by atoms with E-state index >= 15 is 0 Å². The Morgan fingerprint density at radius 3 is 2.59 bits per heavy atom. The number of hydrogen-bond donors (Lipinski definition) is 2. The highest BCUT2D eigenvalue weighted by Crippen LogP contribution is 2.33. The monoisotopic (exact) mass is 300 g/mol. The second-order valence-corrected chi connectivity index (χ2v) is 7.40. The average molecular weight is 300 g/mol. The summed E-state index contributed by atoms with van der Waals surface area (Å²) < 4.78 is 0. The Labute approximate surface area is 133 Å². The summed E-state index contributed by atoms with van der Waals surface area (Å²) in [5.41, 5.74) is 8.02. The lowest BCUT2D eigenvalue weighted by Crippen LogP contribution is -2.44. The smallest absolute Gasteiger partial charge is 0.0368 e. The van der Waals surface area contributed by atoms with Crippen molar-refractivity contribution in [3.63, 3.8) is 0 Å². The van der Waals surface area contributed by atoms with E-state index in [4.69, 9.17) is 5.73 Å². The molecule has 4 rings (SSSR count). The van der Waals surface area contributed by atoms with Gasteiger partial charge in [-0.2, -0.15) is 0 Å². The van der Waals surface area contributed by atoms with Crippen LogP contribution in [-0.4, -0.2) is 50.2 Å². The highest BCUT2D eigenvalue weighted by atomic mass is 15.3. The van der Waals surface area contributed by atoms with Crippen molar-refractivity contribution in [3.05, 3.63) is 24.3 Å². The second-order valence-electron chi connectivity index (χ2n) is 7.40. The topological polar surface area (TPSA) is 44.5 Å². The molecule has 0 aliphatic carbocycles. The summed E-state index contributed by atoms with van der Waals surface area (Å²) in [6.07, 6.45) is 4.11. The molecule has 3 aliphatic rings. The van der Waals surface area contributed by atoms with Crippen LogP contribution in [0.5, 0.6) is 0 Å². The minimum absolute atomic E-state index is 0.756. The van der Waals surface area contributed by atoms with Crippen LogP contribution >= 0.6 is 0 Å². The second kappa shape index (κ2) is 6.09. The number of likely N-dealkylation sites (tertiary alicyclic amines) is 1. The van der Waals surface area contributed by atoms with Crippen molar-refractivity contribution in [2.24, 2.45) is 11.8 Å². The number of anilines is 2. The molecule has 0 aromatic heterocycles. The molecule has 3 fully saturated rings. The highest BCUT2D eigenvalue weighted by molar-refractivity contribution is 5.53. The van der Waals surface area contributed by atoms with Crippen LogP contribution in [0.15, 0.2) is 24.3 Å². The molecule has 120 valence electrons. The van der Waals surface area contributed by atoms with Crippen LogP contribution in [0.2, 0.25) is 0 Å². The summed E-state index contributed by atoms with van der Waals surface area (Å²) in [5.74, 6) is 1.75. The number of nitrogens with two attached hydrogens (primary N) is 1. The van der Waals surface area contributed by atoms with Crippen molar-refractivity contribution in [3.8, 4) is 0 Å². The van der Waals surface area contributed by atoms with Gasteiger partial charge in [0.1, 0.15) is 0 Å². The maximum absolute atomic E-state index is 5.82. The van der Waals surface area contributed by atoms with E-state index in [-0.39, 0.29) is 0 Å². The van der Waals surface area contributed by atoms with Crippen LogP contribution in [0, 0.1) is 11.8 Å². The van der Waals surface area contributed by atoms with Crippen LogP contribution in [0.1, 0.15) is 19.3 Å². The first-order valence-electron chi connectivity index (χ1n) is 8.83. The fraction of sp³-hybridized carbons (Fsp3) is 0.667. The molecule has 4 nitrogen and oxygen atoms in total. The lowest BCUT2D eigenvalue weighted by atomic mass is 9.97. The summed E-state index contributed by atoms with van der Waals surface area (Å²) in [6, 6.07) is 9.16. The zero-order valence-corrected chi connectivity index (χ0v) is 13.4. The lowest BCUT2D eigenvalue weighted by Gasteiger charge is -2.36. The van der Waals surface area contributed by atoms with E-state index in [2.05, 4.69) is 27.2 Å². The SMILES string of the molecule is Nc1ccc(N2CC3CC(C2)N(CC2CCNCC2)C3)cc1. The third-order valence-corrected chi connectivity index (χ3v) is 5.73. The molecular weight excluding hydrogens is 272 g/mol. The predicted molar refractivity (Wildman–Crippen MR) is 92.1 cm³/mol. The minimum atomic E-state index is 0.756. The van der Waals surface area contributed by atoms with Gasteiger partial charge in [-0.15, -0.1) is 0 Å². The summed E-state index contributed by atoms with van der Waals surface area (Å²) in [4.78, 5) is 5.36. The molecule has 1 aromatic carbocycles. The largest absolute Gasteiger partial charge is 0.399 e. The quantitative estimate of drug-likeness (QED) is 0.835. The van der Waals surface area contributed by atoms with E-state index in [0.717, 1.165) is 23.6 Å². The molecule has 0 amide bonds. The molecule has 0 saturated carbocycles. The van der Waals surface area contributed by atoms with Crippen LogP contribution in [-0.2, 0) is 0 Å². The molecule has 2 unspecified atom stereocenters. The predicted octanol–water partition coefficient (Wildman–Crippen LogP) is 1.78. The first kappa shape index (κ1) is 14.3. The Kier molecular flexibility index (Phi) is 3.97. The van der Waals surface area contributed by atoms with Gasteiger partial charge in [-0.05, 0) is 68.5 Å². The van der Waals surface area contributed by atoms with Gasteiger partial charge in [0.2, 0.25) is 0 Å². The standard InChI is InChI=1S/C18H28N4/c19-16-1-3-17(4-2-16)22-12-15-9-18(13-22)21(11-15)10-14-5-7-20-8-6-14/h1-4,14-15,18,20H,5-13,19H2. The van der Waals surface area contributed by atoms with Gasteiger partial charge in [0.05, 0.1) is 0 Å². The van der Waals surface area contributed by atoms with Gasteiger partial charge in [-0.25, -0.2) is 0 Å². The molecular formula is C18H28N4. The minimum Gasteiger partial charge on any atom is -0.399 e. The molecule has 22 heavy (non-hydrogen) atoms. The molecule has 3 aliphatic heterocycles. The van der Waals surface area contributed by atoms with Gasteiger partial charge in [0.15, 0.2) is 0 Å². The fourth-order valence-corrected chi connectivity index (χ4v) is 4.57. The number of nitrogen functional groups attached to an aromatic ring is 1. The van der Waals surface area contributed by atoms with E-state index in [1.54, 1.807) is 0 Å². The van der Waals surface area contributed by atoms with Crippen molar-refractivity contribution in [1.82, 2.24) is 10.2 Å². The van der Waals surface area contributed by atoms with Crippen molar-refractivity contribution in [2.45, 2.75) is 25.3 Å². The summed E-state index contributed by atoms with van der Waals surface area (Å²) >= 11 is 0. The molecule has 3 N–H and O–H groups in total. The number of nitrogens with zero attached hydrogens (tertiary/aromatic N) is 2. The van der Waals surface area contributed by atoms with E-state index in [9.17, 15) is 0 Å². The van der Waals surface area contributed by atoms with Crippen molar-refractivity contribution in [1.29, 1.82) is 0 Å². The Morgan fingerprint density at radius 1 is 1.05 bits per heavy atom. The number of piperidine rings is 2. The van der Waals surface area contributed by atoms with Gasteiger partial charge in [0.25, 0.3) is 0 Å². The number of nitrogens with one attached hydrogen (secondary N) is 1. The Hall–Kier alpha value is -1.26. The highest BCUT2D eigenvalue weighted by Gasteiger charge is 2.39. The van der Waals surface area contributed by atoms with Crippen LogP contribution in [0.3, 0.4) is 0 Å². The fourth-order valence-electron chi connectivity index (χ4n) is 4.57. The van der Waals surface area contributed by atoms with E-state index in [1.165, 1.54) is 64.2 Å². The van der Waals surface area contributed by atoms with E-state index in [0.29, 0.717) is 0 Å². The third-order valence-electron chi connectivity index (χ3n) is 5.73. The van der Waals surface area contributed by atoms with E-state index in [1.807, 2.05) is 12.1 Å². The molecule has 2 atom stereocenters. The zero-order chi connectivity index (χ0) is 14.9. The van der Waals surface area contributed by atoms with Crippen molar-refractivity contribution in [2.75, 3.05) is 49.9 Å². The Balaban J connectivity index is 1.40. The van der Waals surface area contributed by atoms with Crippen LogP contribution < -0.4 is 16.0 Å². The Bertz CT molecular complexity index is 494. The normalized spacial score (nSPS) is 29.9. The van der Waals surface area contributed by atoms with Gasteiger partial charge < -0.3 is 16.0 Å². The summed E-state index contributed by atoms with van der Waals surface area (Å²) in [5, 5.41) is 3.48. The number of fused-ring (bicyclic) bond motifs is 2. The van der Waals surface area contributed by atoms with Gasteiger partial charge in [-0.1, -0.05) is 0 Å². The van der Waals surface area contributed by atoms with Crippen molar-refractivity contribution < 1.29 is 0 Å². The molecule has 2 bridgehead atoms. The van der Waals surface area contributed by atoms with Crippen molar-refractivity contribution >= 4 is 11.4 Å². The maximum Gasteiger partial charge on any atom is 0.0368 e. The number of benzene rings is 1. The molecule has 4 heteroatoms. The zero-order valence-electron chi connectivity index (χ0n) is 13.4. The first-order chi connectivity index (χ1) is 10.8. The molecule has 0 spiro atoms. The third kappa shape index (κ3) is 2.95. The van der Waals surface area contributed by atoms with E-state index < -0.39 is 0 Å². The molecule has 1 aromatic rings. The number of hydrogen-bond acceptors (Lipinski definition) is 4. The number of rotatable bonds is 3. The maximum atomic E-state index is 5.82. The average Bonchev–Trinajstić information content (AvgIpc) is 2.82. The van der Waals surface area contributed by atoms with Gasteiger partial charge in [-0.3, -0.25) is 4.90 Å². The van der Waals surface area contributed by atoms with Crippen LogP contribution in [0.25, 0.3) is 0 Å². The first-order valence-corrected chi connectivity index (χ1v) is 8.83. The summed E-state index contributed by atoms with van der Waals surface area (Å²) in [6.45, 7) is 7.45. The molecule has 0 radical (unpaired) electrons. The lowest BCUT2D eigenvalue weighted by molar-refractivity contribution is 0.196. The van der Waals surface area contributed by atoms with Gasteiger partial charge in [0, 0.05) is 43.6 Å². The molecule has 3 heterocycles. The van der Waals surface area contributed by atoms with Crippen LogP contribution in [0.4, 0.5) is 11.4 Å². The van der Waals surface area contributed by atoms with Gasteiger partial charge >= 0.3 is 0 Å².